The molecule has 3 rings (SSSR count). The third-order valence-corrected chi connectivity index (χ3v) is 9.59. The van der Waals surface area contributed by atoms with E-state index in [4.69, 9.17) is 16.3 Å². The fourth-order valence-corrected chi connectivity index (χ4v) is 7.28. The van der Waals surface area contributed by atoms with Crippen LogP contribution in [0.5, 0.6) is 5.75 Å². The predicted octanol–water partition coefficient (Wildman–Crippen LogP) is 6.14. The molecular weight excluding hydrogens is 494 g/mol. The molecule has 184 valence electrons. The van der Waals surface area contributed by atoms with Crippen LogP contribution in [0.1, 0.15) is 44.7 Å². The minimum atomic E-state index is -3.63. The number of aliphatic carboxylic acids is 1. The summed E-state index contributed by atoms with van der Waals surface area (Å²) in [6.07, 6.45) is 2.08. The van der Waals surface area contributed by atoms with Crippen LogP contribution in [-0.2, 0) is 21.2 Å². The number of ether oxygens (including phenoxy) is 1. The fraction of sp³-hybridized carbons (Fsp3) is 0.400. The van der Waals surface area contributed by atoms with Gasteiger partial charge in [-0.05, 0) is 86.9 Å². The lowest BCUT2D eigenvalue weighted by atomic mass is 10.1. The number of nitrogens with zero attached hydrogens (tertiary/aromatic N) is 1. The second kappa shape index (κ2) is 10.6. The van der Waals surface area contributed by atoms with Crippen LogP contribution in [-0.4, -0.2) is 42.5 Å². The van der Waals surface area contributed by atoms with Crippen molar-refractivity contribution in [1.82, 2.24) is 4.31 Å². The molecule has 0 fully saturated rings. The molecule has 0 radical (unpaired) electrons. The van der Waals surface area contributed by atoms with Crippen LogP contribution in [0.3, 0.4) is 0 Å². The molecule has 0 aliphatic rings. The molecule has 0 amide bonds. The first-order valence-corrected chi connectivity index (χ1v) is 13.8. The van der Waals surface area contributed by atoms with Crippen molar-refractivity contribution < 1.29 is 23.1 Å². The van der Waals surface area contributed by atoms with Gasteiger partial charge in [-0.25, -0.2) is 13.2 Å². The molecule has 6 nitrogen and oxygen atoms in total. The minimum Gasteiger partial charge on any atom is -0.478 e. The van der Waals surface area contributed by atoms with Gasteiger partial charge in [-0.1, -0.05) is 30.7 Å². The number of rotatable bonds is 11. The molecule has 0 unspecified atom stereocenters. The molecule has 1 N–H and O–H groups in total. The summed E-state index contributed by atoms with van der Waals surface area (Å²) in [4.78, 5) is 11.2. The van der Waals surface area contributed by atoms with Gasteiger partial charge in [-0.3, -0.25) is 0 Å². The number of benzene rings is 2. The van der Waals surface area contributed by atoms with Crippen molar-refractivity contribution in [3.05, 3.63) is 58.6 Å². The Hall–Kier alpha value is -2.13. The van der Waals surface area contributed by atoms with Gasteiger partial charge in [-0.2, -0.15) is 4.31 Å². The Morgan fingerprint density at radius 1 is 1.15 bits per heavy atom. The molecular formula is C25H30ClNO5S2. The number of carboxylic acid groups (broad SMARTS) is 1. The zero-order valence-electron chi connectivity index (χ0n) is 19.8. The second-order valence-electron chi connectivity index (χ2n) is 8.72. The number of sulfonamides is 1. The smallest absolute Gasteiger partial charge is 0.347 e. The number of halogens is 1. The summed E-state index contributed by atoms with van der Waals surface area (Å²) in [6.45, 7) is 7.67. The van der Waals surface area contributed by atoms with Crippen LogP contribution in [0.4, 0.5) is 0 Å². The standard InChI is InChI=1S/C25H30ClNO5S2/c1-5-14-27(34(30,31)23-17(2)21-16-19(26)10-13-22(21)33-23)15-6-7-18-8-11-20(12-9-18)32-25(3,4)24(28)29/h8-13,16H,5-7,14-15H2,1-4H3,(H,28,29). The Balaban J connectivity index is 1.70. The first-order valence-electron chi connectivity index (χ1n) is 11.2. The number of thiophene rings is 1. The topological polar surface area (TPSA) is 83.9 Å². The van der Waals surface area contributed by atoms with E-state index >= 15 is 0 Å². The van der Waals surface area contributed by atoms with Crippen molar-refractivity contribution in [2.24, 2.45) is 0 Å². The third kappa shape index (κ3) is 5.92. The second-order valence-corrected chi connectivity index (χ2v) is 12.3. The van der Waals surface area contributed by atoms with Crippen LogP contribution >= 0.6 is 22.9 Å². The Kier molecular flexibility index (Phi) is 8.29. The average Bonchev–Trinajstić information content (AvgIpc) is 3.10. The highest BCUT2D eigenvalue weighted by Crippen LogP contribution is 2.37. The quantitative estimate of drug-likeness (QED) is 0.326. The van der Waals surface area contributed by atoms with Gasteiger partial charge in [0.25, 0.3) is 10.0 Å². The highest BCUT2D eigenvalue weighted by atomic mass is 35.5. The molecule has 0 saturated heterocycles. The first kappa shape index (κ1) is 26.5. The first-order chi connectivity index (χ1) is 16.0. The largest absolute Gasteiger partial charge is 0.478 e. The summed E-state index contributed by atoms with van der Waals surface area (Å²) >= 11 is 7.41. The number of hydrogen-bond donors (Lipinski definition) is 1. The van der Waals surface area contributed by atoms with E-state index in [2.05, 4.69) is 0 Å². The number of fused-ring (bicyclic) bond motifs is 1. The number of aryl methyl sites for hydroxylation is 2. The molecule has 9 heteroatoms. The van der Waals surface area contributed by atoms with Gasteiger partial charge in [-0.15, -0.1) is 11.3 Å². The summed E-state index contributed by atoms with van der Waals surface area (Å²) in [5.74, 6) is -0.558. The molecule has 34 heavy (non-hydrogen) atoms. The van der Waals surface area contributed by atoms with E-state index in [-0.39, 0.29) is 0 Å². The monoisotopic (exact) mass is 523 g/mol. The van der Waals surface area contributed by atoms with Gasteiger partial charge in [0.2, 0.25) is 0 Å². The Bertz CT molecular complexity index is 1270. The molecule has 0 saturated carbocycles. The summed E-state index contributed by atoms with van der Waals surface area (Å²) in [7, 11) is -3.63. The van der Waals surface area contributed by atoms with Gasteiger partial charge in [0.1, 0.15) is 9.96 Å². The third-order valence-electron chi connectivity index (χ3n) is 5.59. The van der Waals surface area contributed by atoms with E-state index in [1.807, 2.05) is 38.1 Å². The van der Waals surface area contributed by atoms with E-state index in [9.17, 15) is 18.3 Å². The average molecular weight is 524 g/mol. The van der Waals surface area contributed by atoms with E-state index < -0.39 is 21.6 Å². The van der Waals surface area contributed by atoms with E-state index in [0.717, 1.165) is 27.6 Å². The summed E-state index contributed by atoms with van der Waals surface area (Å²) in [5.41, 5.74) is 0.456. The van der Waals surface area contributed by atoms with Gasteiger partial charge in [0, 0.05) is 22.8 Å². The Morgan fingerprint density at radius 3 is 2.44 bits per heavy atom. The minimum absolute atomic E-state index is 0.376. The normalized spacial score (nSPS) is 12.4. The fourth-order valence-electron chi connectivity index (χ4n) is 3.66. The van der Waals surface area contributed by atoms with Crippen LogP contribution in [0.25, 0.3) is 10.1 Å². The van der Waals surface area contributed by atoms with Crippen molar-refractivity contribution in [2.75, 3.05) is 13.1 Å². The van der Waals surface area contributed by atoms with E-state index in [1.54, 1.807) is 22.5 Å². The van der Waals surface area contributed by atoms with Crippen LogP contribution < -0.4 is 4.74 Å². The maximum atomic E-state index is 13.5. The van der Waals surface area contributed by atoms with Crippen molar-refractivity contribution >= 4 is 49.0 Å². The van der Waals surface area contributed by atoms with Crippen LogP contribution in [0.2, 0.25) is 5.02 Å². The molecule has 1 aromatic heterocycles. The maximum absolute atomic E-state index is 13.5. The Morgan fingerprint density at radius 2 is 1.82 bits per heavy atom. The summed E-state index contributed by atoms with van der Waals surface area (Å²) < 4.78 is 35.4. The molecule has 0 atom stereocenters. The van der Waals surface area contributed by atoms with Crippen molar-refractivity contribution in [1.29, 1.82) is 0 Å². The van der Waals surface area contributed by atoms with Gasteiger partial charge >= 0.3 is 5.97 Å². The summed E-state index contributed by atoms with van der Waals surface area (Å²) in [6, 6.07) is 12.7. The van der Waals surface area contributed by atoms with Crippen LogP contribution in [0, 0.1) is 6.92 Å². The lowest BCUT2D eigenvalue weighted by Gasteiger charge is -2.22. The van der Waals surface area contributed by atoms with Gasteiger partial charge < -0.3 is 9.84 Å². The van der Waals surface area contributed by atoms with Crippen molar-refractivity contribution in [3.63, 3.8) is 0 Å². The van der Waals surface area contributed by atoms with Gasteiger partial charge in [0.15, 0.2) is 5.60 Å². The number of carbonyl (C=O) groups is 1. The lowest BCUT2D eigenvalue weighted by molar-refractivity contribution is -0.152. The van der Waals surface area contributed by atoms with Gasteiger partial charge in [0.05, 0.1) is 0 Å². The molecule has 0 aliphatic carbocycles. The molecule has 2 aromatic carbocycles. The van der Waals surface area contributed by atoms with Crippen molar-refractivity contribution in [2.45, 2.75) is 56.8 Å². The van der Waals surface area contributed by atoms with E-state index in [1.165, 1.54) is 25.2 Å². The highest BCUT2D eigenvalue weighted by molar-refractivity contribution is 7.91. The highest BCUT2D eigenvalue weighted by Gasteiger charge is 2.30. The summed E-state index contributed by atoms with van der Waals surface area (Å²) in [5, 5.41) is 10.7. The molecule has 3 aromatic rings. The number of hydrogen-bond acceptors (Lipinski definition) is 5. The lowest BCUT2D eigenvalue weighted by Crippen LogP contribution is -2.37. The molecule has 0 bridgehead atoms. The van der Waals surface area contributed by atoms with E-state index in [0.29, 0.717) is 40.9 Å². The molecule has 0 spiro atoms. The zero-order valence-corrected chi connectivity index (χ0v) is 22.2. The maximum Gasteiger partial charge on any atom is 0.347 e. The van der Waals surface area contributed by atoms with Crippen LogP contribution in [0.15, 0.2) is 46.7 Å². The SMILES string of the molecule is CCCN(CCCc1ccc(OC(C)(C)C(=O)O)cc1)S(=O)(=O)c1sc2ccc(Cl)cc2c1C. The molecule has 1 heterocycles. The predicted molar refractivity (Wildman–Crippen MR) is 138 cm³/mol. The number of carboxylic acids is 1. The zero-order chi connectivity index (χ0) is 25.1. The van der Waals surface area contributed by atoms with Crippen molar-refractivity contribution in [3.8, 4) is 5.75 Å². The molecule has 0 aliphatic heterocycles. The Labute approximate surface area is 210 Å².